The van der Waals surface area contributed by atoms with Crippen molar-refractivity contribution in [1.29, 1.82) is 0 Å². The average molecular weight is 686 g/mol. The Morgan fingerprint density at radius 1 is 1.02 bits per heavy atom. The molecule has 1 N–H and O–H groups in total. The SMILES string of the molecule is CC[C@H](C)[C@H](CO)N1C(=O)[C@H]2[C@@H]3C(=O)O[C@@H](c4ccccc4)[C@H](C)N(C)C(=O)CC/C=C\[C@@H]3O[C@]23C=CCN(c2ccc(OC)cc2)C(=O)[C@H]13. The maximum Gasteiger partial charge on any atom is 0.313 e. The van der Waals surface area contributed by atoms with Gasteiger partial charge in [-0.15, -0.1) is 0 Å². The number of ether oxygens (including phenoxy) is 3. The molecular weight excluding hydrogens is 638 g/mol. The maximum atomic E-state index is 15.0. The van der Waals surface area contributed by atoms with Gasteiger partial charge in [0.1, 0.15) is 29.4 Å². The van der Waals surface area contributed by atoms with Crippen molar-refractivity contribution in [3.63, 3.8) is 0 Å². The summed E-state index contributed by atoms with van der Waals surface area (Å²) in [6.07, 6.45) is 6.64. The highest BCUT2D eigenvalue weighted by Crippen LogP contribution is 2.54. The quantitative estimate of drug-likeness (QED) is 0.342. The zero-order chi connectivity index (χ0) is 35.7. The van der Waals surface area contributed by atoms with Gasteiger partial charge in [0.2, 0.25) is 11.8 Å². The lowest BCUT2D eigenvalue weighted by molar-refractivity contribution is -0.164. The molecule has 4 heterocycles. The highest BCUT2D eigenvalue weighted by Gasteiger charge is 2.73. The minimum atomic E-state index is -1.53. The van der Waals surface area contributed by atoms with Crippen molar-refractivity contribution in [1.82, 2.24) is 9.80 Å². The van der Waals surface area contributed by atoms with Crippen LogP contribution in [0.15, 0.2) is 78.9 Å². The number of methoxy groups -OCH3 is 1. The molecule has 2 aromatic rings. The molecule has 11 nitrogen and oxygen atoms in total. The number of carbonyl (C=O) groups is 4. The number of aliphatic hydroxyl groups is 1. The first-order chi connectivity index (χ1) is 24.1. The highest BCUT2D eigenvalue weighted by atomic mass is 16.6. The molecule has 0 radical (unpaired) electrons. The number of hydrogen-bond acceptors (Lipinski definition) is 8. The summed E-state index contributed by atoms with van der Waals surface area (Å²) in [5, 5.41) is 10.8. The van der Waals surface area contributed by atoms with Crippen LogP contribution in [0, 0.1) is 17.8 Å². The minimum Gasteiger partial charge on any atom is -0.497 e. The Bertz CT molecular complexity index is 1640. The average Bonchev–Trinajstić information content (AvgIpc) is 3.52. The van der Waals surface area contributed by atoms with Gasteiger partial charge in [-0.2, -0.15) is 0 Å². The molecule has 0 bridgehead atoms. The molecular formula is C39H47N3O8. The molecule has 2 aromatic carbocycles. The number of amides is 3. The number of esters is 1. The fourth-order valence-corrected chi connectivity index (χ4v) is 7.99. The summed E-state index contributed by atoms with van der Waals surface area (Å²) in [6, 6.07) is 13.9. The van der Waals surface area contributed by atoms with Crippen LogP contribution in [0.1, 0.15) is 51.7 Å². The predicted molar refractivity (Wildman–Crippen MR) is 186 cm³/mol. The van der Waals surface area contributed by atoms with Gasteiger partial charge >= 0.3 is 5.97 Å². The van der Waals surface area contributed by atoms with Crippen LogP contribution in [0.25, 0.3) is 0 Å². The van der Waals surface area contributed by atoms with Crippen molar-refractivity contribution in [2.45, 2.75) is 76.0 Å². The van der Waals surface area contributed by atoms with Crippen LogP contribution >= 0.6 is 0 Å². The first-order valence-electron chi connectivity index (χ1n) is 17.5. The van der Waals surface area contributed by atoms with E-state index in [2.05, 4.69) is 0 Å². The molecule has 0 saturated carbocycles. The lowest BCUT2D eigenvalue weighted by atomic mass is 9.77. The van der Waals surface area contributed by atoms with Gasteiger partial charge in [0.25, 0.3) is 5.91 Å². The summed E-state index contributed by atoms with van der Waals surface area (Å²) in [6.45, 7) is 5.58. The van der Waals surface area contributed by atoms with Crippen LogP contribution in [0.2, 0.25) is 0 Å². The van der Waals surface area contributed by atoms with E-state index in [4.69, 9.17) is 14.2 Å². The van der Waals surface area contributed by atoms with E-state index in [1.807, 2.05) is 57.2 Å². The van der Waals surface area contributed by atoms with Crippen LogP contribution < -0.4 is 9.64 Å². The van der Waals surface area contributed by atoms with Crippen LogP contribution in [0.4, 0.5) is 5.69 Å². The Hall–Kier alpha value is -4.48. The van der Waals surface area contributed by atoms with E-state index in [1.54, 1.807) is 66.5 Å². The highest BCUT2D eigenvalue weighted by molar-refractivity contribution is 6.05. The van der Waals surface area contributed by atoms with Crippen LogP contribution in [0.5, 0.6) is 5.75 Å². The lowest BCUT2D eigenvalue weighted by Crippen LogP contribution is -2.59. The normalized spacial score (nSPS) is 31.8. The molecule has 2 fully saturated rings. The first-order valence-corrected chi connectivity index (χ1v) is 17.5. The number of hydrogen-bond donors (Lipinski definition) is 1. The number of nitrogens with zero attached hydrogens (tertiary/aromatic N) is 3. The Balaban J connectivity index is 1.48. The van der Waals surface area contributed by atoms with E-state index in [9.17, 15) is 24.3 Å². The van der Waals surface area contributed by atoms with Gasteiger partial charge in [0, 0.05) is 25.7 Å². The van der Waals surface area contributed by atoms with Crippen molar-refractivity contribution >= 4 is 29.4 Å². The van der Waals surface area contributed by atoms with E-state index < -0.39 is 59.6 Å². The molecule has 3 amide bonds. The number of allylic oxidation sites excluding steroid dienone is 1. The van der Waals surface area contributed by atoms with Gasteiger partial charge in [0.15, 0.2) is 0 Å². The third-order valence-corrected chi connectivity index (χ3v) is 11.1. The van der Waals surface area contributed by atoms with Crippen molar-refractivity contribution in [2.75, 3.05) is 32.2 Å². The van der Waals surface area contributed by atoms with E-state index in [1.165, 1.54) is 4.90 Å². The van der Waals surface area contributed by atoms with Crippen molar-refractivity contribution in [3.05, 3.63) is 84.5 Å². The Labute approximate surface area is 293 Å². The fourth-order valence-electron chi connectivity index (χ4n) is 7.99. The number of likely N-dealkylation sites (N-methyl/N-ethyl adjacent to an activating group) is 1. The third kappa shape index (κ3) is 6.00. The third-order valence-electron chi connectivity index (χ3n) is 11.1. The van der Waals surface area contributed by atoms with Crippen molar-refractivity contribution in [3.8, 4) is 5.75 Å². The van der Waals surface area contributed by atoms with E-state index >= 15 is 0 Å². The zero-order valence-corrected chi connectivity index (χ0v) is 29.3. The second-order valence-electron chi connectivity index (χ2n) is 13.8. The van der Waals surface area contributed by atoms with Crippen molar-refractivity contribution < 1.29 is 38.5 Å². The number of rotatable bonds is 7. The van der Waals surface area contributed by atoms with Gasteiger partial charge in [-0.05, 0) is 49.1 Å². The molecule has 4 aliphatic heterocycles. The van der Waals surface area contributed by atoms with Gasteiger partial charge in [-0.3, -0.25) is 19.2 Å². The predicted octanol–water partition coefficient (Wildman–Crippen LogP) is 4.07. The standard InChI is InChI=1S/C39H47N3O8/c1-6-24(2)29(23-43)42-35-37(46)41(27-17-19-28(48-5)20-18-27)22-12-21-39(35)33(36(42)45)32-30(50-39)15-10-11-16-31(44)40(4)25(3)34(49-38(32)47)26-13-8-7-9-14-26/h7-10,12-15,17-21,24-25,29-30,32-35,43H,6,11,16,22-23H2,1-5H3/b15-10-/t24-,25-,29-,30-,32+,33+,34+,35-,39+/m0/s1. The molecule has 0 aromatic heterocycles. The summed E-state index contributed by atoms with van der Waals surface area (Å²) in [5.74, 6) is -3.32. The molecule has 50 heavy (non-hydrogen) atoms. The van der Waals surface area contributed by atoms with E-state index in [-0.39, 0.29) is 37.3 Å². The fraction of sp³-hybridized carbons (Fsp3) is 0.487. The monoisotopic (exact) mass is 685 g/mol. The smallest absolute Gasteiger partial charge is 0.313 e. The van der Waals surface area contributed by atoms with Gasteiger partial charge in [-0.1, -0.05) is 74.9 Å². The molecule has 6 rings (SSSR count). The Morgan fingerprint density at radius 3 is 2.40 bits per heavy atom. The molecule has 1 spiro atoms. The topological polar surface area (TPSA) is 126 Å². The number of aliphatic hydroxyl groups excluding tert-OH is 1. The molecule has 0 unspecified atom stereocenters. The maximum absolute atomic E-state index is 15.0. The van der Waals surface area contributed by atoms with Crippen LogP contribution in [-0.4, -0.2) is 95.7 Å². The Morgan fingerprint density at radius 2 is 1.74 bits per heavy atom. The van der Waals surface area contributed by atoms with Crippen molar-refractivity contribution in [2.24, 2.45) is 17.8 Å². The molecule has 0 aliphatic carbocycles. The Kier molecular flexibility index (Phi) is 10.2. The molecule has 4 aliphatic rings. The number of carbonyl (C=O) groups excluding carboxylic acids is 4. The lowest BCUT2D eigenvalue weighted by Gasteiger charge is -2.40. The summed E-state index contributed by atoms with van der Waals surface area (Å²) in [7, 11) is 3.27. The molecule has 9 atom stereocenters. The van der Waals surface area contributed by atoms with E-state index in [0.717, 1.165) is 0 Å². The number of fused-ring (bicyclic) bond motifs is 2. The number of benzene rings is 2. The summed E-state index contributed by atoms with van der Waals surface area (Å²) in [4.78, 5) is 62.4. The molecule has 266 valence electrons. The molecule has 2 saturated heterocycles. The second kappa shape index (κ2) is 14.4. The van der Waals surface area contributed by atoms with Gasteiger partial charge < -0.3 is 34.0 Å². The summed E-state index contributed by atoms with van der Waals surface area (Å²) in [5.41, 5.74) is -0.218. The number of anilines is 1. The largest absolute Gasteiger partial charge is 0.497 e. The summed E-state index contributed by atoms with van der Waals surface area (Å²) < 4.78 is 18.6. The van der Waals surface area contributed by atoms with E-state index in [0.29, 0.717) is 29.8 Å². The van der Waals surface area contributed by atoms with Gasteiger partial charge in [0.05, 0.1) is 37.8 Å². The summed E-state index contributed by atoms with van der Waals surface area (Å²) >= 11 is 0. The first kappa shape index (κ1) is 35.3. The van der Waals surface area contributed by atoms with Crippen LogP contribution in [0.3, 0.4) is 0 Å². The number of cyclic esters (lactones) is 1. The minimum absolute atomic E-state index is 0.0963. The zero-order valence-electron chi connectivity index (χ0n) is 29.3. The van der Waals surface area contributed by atoms with Gasteiger partial charge in [-0.25, -0.2) is 0 Å². The number of likely N-dealkylation sites (tertiary alicyclic amines) is 1. The second-order valence-corrected chi connectivity index (χ2v) is 13.8. The molecule has 11 heteroatoms. The van der Waals surface area contributed by atoms with Crippen LogP contribution in [-0.2, 0) is 28.7 Å².